The van der Waals surface area contributed by atoms with Crippen molar-refractivity contribution >= 4 is 21.6 Å². The third-order valence-corrected chi connectivity index (χ3v) is 5.17. The fourth-order valence-corrected chi connectivity index (χ4v) is 3.75. The first-order valence-electron chi connectivity index (χ1n) is 7.84. The van der Waals surface area contributed by atoms with Crippen molar-refractivity contribution < 1.29 is 13.2 Å². The molecule has 2 rings (SSSR count). The zero-order valence-electron chi connectivity index (χ0n) is 13.8. The van der Waals surface area contributed by atoms with Crippen LogP contribution in [-0.4, -0.2) is 38.4 Å². The minimum atomic E-state index is -3.78. The average Bonchev–Trinajstić information content (AvgIpc) is 2.44. The van der Waals surface area contributed by atoms with E-state index < -0.39 is 10.0 Å². The lowest BCUT2D eigenvalue weighted by Gasteiger charge is -2.38. The Bertz CT molecular complexity index is 665. The quantitative estimate of drug-likeness (QED) is 0.872. The molecule has 0 aromatic heterocycles. The Morgan fingerprint density at radius 3 is 2.48 bits per heavy atom. The molecular formula is C16H25N3O3S. The fourth-order valence-electron chi connectivity index (χ4n) is 3.19. The van der Waals surface area contributed by atoms with Gasteiger partial charge in [-0.15, -0.1) is 0 Å². The van der Waals surface area contributed by atoms with E-state index in [4.69, 9.17) is 5.14 Å². The van der Waals surface area contributed by atoms with Gasteiger partial charge in [0, 0.05) is 18.8 Å². The van der Waals surface area contributed by atoms with Crippen LogP contribution >= 0.6 is 0 Å². The average molecular weight is 339 g/mol. The van der Waals surface area contributed by atoms with Crippen LogP contribution in [0.1, 0.15) is 27.2 Å². The molecule has 1 saturated heterocycles. The van der Waals surface area contributed by atoms with Crippen molar-refractivity contribution in [1.29, 1.82) is 0 Å². The first kappa shape index (κ1) is 17.9. The number of hydrogen-bond acceptors (Lipinski definition) is 4. The second kappa shape index (κ2) is 6.98. The summed E-state index contributed by atoms with van der Waals surface area (Å²) in [5.41, 5.74) is 0.437. The molecule has 7 heteroatoms. The number of likely N-dealkylation sites (tertiary alicyclic amines) is 1. The summed E-state index contributed by atoms with van der Waals surface area (Å²) in [6, 6.07) is 5.73. The second-order valence-corrected chi connectivity index (χ2v) is 8.20. The van der Waals surface area contributed by atoms with Gasteiger partial charge in [0.1, 0.15) is 0 Å². The summed E-state index contributed by atoms with van der Waals surface area (Å²) < 4.78 is 22.8. The lowest BCUT2D eigenvalue weighted by Crippen LogP contribution is -2.48. The number of primary sulfonamides is 1. The summed E-state index contributed by atoms with van der Waals surface area (Å²) >= 11 is 0. The van der Waals surface area contributed by atoms with Gasteiger partial charge in [-0.2, -0.15) is 0 Å². The van der Waals surface area contributed by atoms with Crippen molar-refractivity contribution in [3.63, 3.8) is 0 Å². The van der Waals surface area contributed by atoms with E-state index in [9.17, 15) is 13.2 Å². The normalized spacial score (nSPS) is 24.2. The maximum atomic E-state index is 12.5. The third-order valence-electron chi connectivity index (χ3n) is 4.25. The minimum Gasteiger partial charge on any atom is -0.325 e. The van der Waals surface area contributed by atoms with E-state index in [1.165, 1.54) is 18.6 Å². The molecule has 23 heavy (non-hydrogen) atoms. The van der Waals surface area contributed by atoms with E-state index in [-0.39, 0.29) is 16.8 Å². The SMILES string of the molecule is C[C@@H]1C[C@@H](C)CN([C@@H](C)C(=O)Nc2cccc(S(N)(=O)=O)c2)C1. The Balaban J connectivity index is 2.07. The first-order chi connectivity index (χ1) is 10.7. The van der Waals surface area contributed by atoms with E-state index in [1.807, 2.05) is 6.92 Å². The topological polar surface area (TPSA) is 92.5 Å². The van der Waals surface area contributed by atoms with E-state index in [2.05, 4.69) is 24.1 Å². The monoisotopic (exact) mass is 339 g/mol. The Morgan fingerprint density at radius 2 is 1.91 bits per heavy atom. The second-order valence-electron chi connectivity index (χ2n) is 6.64. The predicted octanol–water partition coefficient (Wildman–Crippen LogP) is 1.64. The minimum absolute atomic E-state index is 0.0110. The number of anilines is 1. The van der Waals surface area contributed by atoms with Gasteiger partial charge < -0.3 is 5.32 Å². The lowest BCUT2D eigenvalue weighted by atomic mass is 9.91. The molecule has 1 fully saturated rings. The molecule has 1 amide bonds. The fraction of sp³-hybridized carbons (Fsp3) is 0.562. The standard InChI is InChI=1S/C16H25N3O3S/c1-11-7-12(2)10-19(9-11)13(3)16(20)18-14-5-4-6-15(8-14)23(17,21)22/h4-6,8,11-13H,7,9-10H2,1-3H3,(H,18,20)(H2,17,21,22)/t11-,12-,13+/m1/s1. The molecule has 3 atom stereocenters. The number of hydrogen-bond donors (Lipinski definition) is 2. The number of nitrogens with one attached hydrogen (secondary N) is 1. The van der Waals surface area contributed by atoms with E-state index in [1.54, 1.807) is 12.1 Å². The van der Waals surface area contributed by atoms with Crippen LogP contribution in [-0.2, 0) is 14.8 Å². The van der Waals surface area contributed by atoms with Crippen molar-refractivity contribution in [3.05, 3.63) is 24.3 Å². The number of rotatable bonds is 4. The van der Waals surface area contributed by atoms with Crippen molar-refractivity contribution in [2.45, 2.75) is 38.1 Å². The number of nitrogens with zero attached hydrogens (tertiary/aromatic N) is 1. The number of sulfonamides is 1. The van der Waals surface area contributed by atoms with Crippen LogP contribution in [0.4, 0.5) is 5.69 Å². The molecule has 0 spiro atoms. The number of carbonyl (C=O) groups excluding carboxylic acids is 1. The van der Waals surface area contributed by atoms with Crippen LogP contribution in [0.15, 0.2) is 29.2 Å². The molecule has 128 valence electrons. The van der Waals surface area contributed by atoms with Gasteiger partial charge in [-0.05, 0) is 43.4 Å². The summed E-state index contributed by atoms with van der Waals surface area (Å²) in [6.07, 6.45) is 1.18. The van der Waals surface area contributed by atoms with Gasteiger partial charge in [-0.25, -0.2) is 13.6 Å². The van der Waals surface area contributed by atoms with Crippen LogP contribution in [0.25, 0.3) is 0 Å². The van der Waals surface area contributed by atoms with E-state index >= 15 is 0 Å². The molecule has 0 unspecified atom stereocenters. The summed E-state index contributed by atoms with van der Waals surface area (Å²) in [6.45, 7) is 8.07. The highest BCUT2D eigenvalue weighted by Gasteiger charge is 2.28. The van der Waals surface area contributed by atoms with E-state index in [0.29, 0.717) is 17.5 Å². The molecule has 3 N–H and O–H groups in total. The molecule has 1 heterocycles. The third kappa shape index (κ3) is 4.76. The summed E-state index contributed by atoms with van der Waals surface area (Å²) in [7, 11) is -3.78. The van der Waals surface area contributed by atoms with Crippen LogP contribution in [0.2, 0.25) is 0 Å². The number of piperidine rings is 1. The molecule has 1 aliphatic heterocycles. The van der Waals surface area contributed by atoms with Gasteiger partial charge in [0.2, 0.25) is 15.9 Å². The Labute approximate surface area is 138 Å². The highest BCUT2D eigenvalue weighted by atomic mass is 32.2. The first-order valence-corrected chi connectivity index (χ1v) is 9.39. The van der Waals surface area contributed by atoms with Crippen molar-refractivity contribution in [1.82, 2.24) is 4.90 Å². The molecule has 1 aromatic carbocycles. The van der Waals surface area contributed by atoms with Gasteiger partial charge in [-0.3, -0.25) is 9.69 Å². The van der Waals surface area contributed by atoms with Crippen molar-refractivity contribution in [2.24, 2.45) is 17.0 Å². The van der Waals surface area contributed by atoms with Crippen LogP contribution in [0.5, 0.6) is 0 Å². The van der Waals surface area contributed by atoms with Gasteiger partial charge >= 0.3 is 0 Å². The predicted molar refractivity (Wildman–Crippen MR) is 90.4 cm³/mol. The Hall–Kier alpha value is -1.44. The molecular weight excluding hydrogens is 314 g/mol. The summed E-state index contributed by atoms with van der Waals surface area (Å²) in [4.78, 5) is 14.6. The van der Waals surface area contributed by atoms with Crippen LogP contribution in [0, 0.1) is 11.8 Å². The molecule has 0 bridgehead atoms. The highest BCUT2D eigenvalue weighted by molar-refractivity contribution is 7.89. The molecule has 1 aliphatic rings. The number of amides is 1. The van der Waals surface area contributed by atoms with Gasteiger partial charge in [-0.1, -0.05) is 19.9 Å². The zero-order valence-corrected chi connectivity index (χ0v) is 14.6. The van der Waals surface area contributed by atoms with Gasteiger partial charge in [0.15, 0.2) is 0 Å². The van der Waals surface area contributed by atoms with Gasteiger partial charge in [0.25, 0.3) is 0 Å². The highest BCUT2D eigenvalue weighted by Crippen LogP contribution is 2.23. The largest absolute Gasteiger partial charge is 0.325 e. The van der Waals surface area contributed by atoms with Crippen LogP contribution < -0.4 is 10.5 Å². The maximum Gasteiger partial charge on any atom is 0.241 e. The number of carbonyl (C=O) groups is 1. The van der Waals surface area contributed by atoms with Crippen molar-refractivity contribution in [2.75, 3.05) is 18.4 Å². The number of nitrogens with two attached hydrogens (primary N) is 1. The molecule has 0 aliphatic carbocycles. The smallest absolute Gasteiger partial charge is 0.241 e. The van der Waals surface area contributed by atoms with Crippen LogP contribution in [0.3, 0.4) is 0 Å². The zero-order chi connectivity index (χ0) is 17.2. The van der Waals surface area contributed by atoms with E-state index in [0.717, 1.165) is 13.1 Å². The molecule has 0 radical (unpaired) electrons. The van der Waals surface area contributed by atoms with Crippen molar-refractivity contribution in [3.8, 4) is 0 Å². The number of benzene rings is 1. The Kier molecular flexibility index (Phi) is 5.44. The summed E-state index contributed by atoms with van der Waals surface area (Å²) in [5.74, 6) is 0.997. The summed E-state index contributed by atoms with van der Waals surface area (Å²) in [5, 5.41) is 7.90. The lowest BCUT2D eigenvalue weighted by molar-refractivity contribution is -0.121. The molecule has 6 nitrogen and oxygen atoms in total. The maximum absolute atomic E-state index is 12.5. The Morgan fingerprint density at radius 1 is 1.30 bits per heavy atom. The molecule has 0 saturated carbocycles. The molecule has 1 aromatic rings. The van der Waals surface area contributed by atoms with Gasteiger partial charge in [0.05, 0.1) is 10.9 Å².